The topological polar surface area (TPSA) is 35.6 Å². The van der Waals surface area contributed by atoms with Crippen molar-refractivity contribution >= 4 is 5.91 Å². The van der Waals surface area contributed by atoms with Gasteiger partial charge in [-0.25, -0.2) is 0 Å². The molecule has 0 aromatic heterocycles. The molecule has 0 saturated carbocycles. The zero-order chi connectivity index (χ0) is 15.5. The van der Waals surface area contributed by atoms with Crippen molar-refractivity contribution in [2.24, 2.45) is 0 Å². The maximum Gasteiger partial charge on any atom is 1.00 e. The Balaban J connectivity index is 0. The monoisotopic (exact) mass is 323 g/mol. The largest absolute Gasteiger partial charge is 1.00 e. The van der Waals surface area contributed by atoms with Gasteiger partial charge in [-0.15, -0.1) is 0 Å². The number of amides is 1. The predicted octanol–water partition coefficient (Wildman–Crippen LogP) is -0.838. The Morgan fingerprint density at radius 1 is 1.19 bits per heavy atom. The van der Waals surface area contributed by atoms with Gasteiger partial charge in [0.1, 0.15) is 0 Å². The number of hydrogen-bond acceptors (Lipinski definition) is 3. The summed E-state index contributed by atoms with van der Waals surface area (Å²) in [5.41, 5.74) is 0. The van der Waals surface area contributed by atoms with E-state index in [4.69, 9.17) is 0 Å². The van der Waals surface area contributed by atoms with Crippen LogP contribution in [0.1, 0.15) is 46.0 Å². The van der Waals surface area contributed by atoms with Crippen LogP contribution in [0.2, 0.25) is 0 Å². The van der Waals surface area contributed by atoms with Crippen molar-refractivity contribution in [1.29, 1.82) is 0 Å². The van der Waals surface area contributed by atoms with Crippen molar-refractivity contribution in [2.45, 2.75) is 58.0 Å². The van der Waals surface area contributed by atoms with E-state index >= 15 is 0 Å². The standard InChI is InChI=1S/C14H28N3O.C2H6.K/c1-5-6-10-17(4)11-9-12-7-8-13(15-12)14(18)16(2)3;1-2;/h12-13,15H,1,5-11H2,2-4H3;1-2H3;/q-1;;+1. The Labute approximate surface area is 174 Å². The SMILES string of the molecule is CC.[CH2-]CCCN(C)CCC1CCC(C(=O)N(C)C)N1.[K+]. The molecule has 0 radical (unpaired) electrons. The maximum atomic E-state index is 11.8. The van der Waals surface area contributed by atoms with E-state index in [9.17, 15) is 4.79 Å². The Kier molecular flexibility index (Phi) is 16.9. The van der Waals surface area contributed by atoms with Crippen molar-refractivity contribution in [1.82, 2.24) is 15.1 Å². The van der Waals surface area contributed by atoms with Gasteiger partial charge in [-0.3, -0.25) is 4.79 Å². The molecular weight excluding hydrogens is 289 g/mol. The van der Waals surface area contributed by atoms with Gasteiger partial charge in [-0.2, -0.15) is 6.42 Å². The minimum absolute atomic E-state index is 0. The van der Waals surface area contributed by atoms with E-state index in [1.54, 1.807) is 4.90 Å². The first-order chi connectivity index (χ1) is 9.54. The van der Waals surface area contributed by atoms with Gasteiger partial charge in [0.2, 0.25) is 5.91 Å². The molecule has 1 fully saturated rings. The molecule has 2 atom stereocenters. The van der Waals surface area contributed by atoms with Gasteiger partial charge in [0.25, 0.3) is 0 Å². The molecule has 1 rings (SSSR count). The number of carbonyl (C=O) groups excluding carboxylic acids is 1. The van der Waals surface area contributed by atoms with Crippen molar-refractivity contribution in [3.05, 3.63) is 6.92 Å². The second-order valence-electron chi connectivity index (χ2n) is 5.53. The number of unbranched alkanes of at least 4 members (excludes halogenated alkanes) is 1. The van der Waals surface area contributed by atoms with Crippen molar-refractivity contribution in [2.75, 3.05) is 34.2 Å². The molecule has 21 heavy (non-hydrogen) atoms. The average Bonchev–Trinajstić information content (AvgIpc) is 2.92. The van der Waals surface area contributed by atoms with E-state index in [0.29, 0.717) is 6.04 Å². The van der Waals surface area contributed by atoms with Crippen LogP contribution in [0.3, 0.4) is 0 Å². The number of nitrogens with one attached hydrogen (secondary N) is 1. The Bertz CT molecular complexity index is 262. The normalized spacial score (nSPS) is 20.5. The van der Waals surface area contributed by atoms with Crippen LogP contribution >= 0.6 is 0 Å². The van der Waals surface area contributed by atoms with Crippen LogP contribution in [0, 0.1) is 6.92 Å². The molecule has 120 valence electrons. The van der Waals surface area contributed by atoms with Crippen molar-refractivity contribution in [3.63, 3.8) is 0 Å². The molecular formula is C16H34KN3O. The predicted molar refractivity (Wildman–Crippen MR) is 86.7 cm³/mol. The van der Waals surface area contributed by atoms with Crippen molar-refractivity contribution < 1.29 is 56.2 Å². The van der Waals surface area contributed by atoms with Gasteiger partial charge in [-0.1, -0.05) is 20.3 Å². The minimum atomic E-state index is 0. The third-order valence-electron chi connectivity index (χ3n) is 3.63. The van der Waals surface area contributed by atoms with Crippen LogP contribution in [0.25, 0.3) is 0 Å². The fourth-order valence-electron chi connectivity index (χ4n) is 2.42. The summed E-state index contributed by atoms with van der Waals surface area (Å²) in [5.74, 6) is 0.211. The molecule has 1 saturated heterocycles. The molecule has 1 N–H and O–H groups in total. The second-order valence-corrected chi connectivity index (χ2v) is 5.53. The molecule has 0 bridgehead atoms. The third kappa shape index (κ3) is 10.4. The number of rotatable bonds is 7. The van der Waals surface area contributed by atoms with Crippen LogP contribution in [0.5, 0.6) is 0 Å². The summed E-state index contributed by atoms with van der Waals surface area (Å²) in [6.45, 7) is 10.1. The van der Waals surface area contributed by atoms with Crippen LogP contribution < -0.4 is 56.7 Å². The molecule has 2 unspecified atom stereocenters. The molecule has 5 heteroatoms. The summed E-state index contributed by atoms with van der Waals surface area (Å²) < 4.78 is 0. The minimum Gasteiger partial charge on any atom is -0.347 e. The van der Waals surface area contributed by atoms with E-state index < -0.39 is 0 Å². The first-order valence-electron chi connectivity index (χ1n) is 7.99. The first-order valence-corrected chi connectivity index (χ1v) is 7.99. The number of hydrogen-bond donors (Lipinski definition) is 1. The van der Waals surface area contributed by atoms with E-state index in [0.717, 1.165) is 45.2 Å². The number of nitrogens with zero attached hydrogens (tertiary/aromatic N) is 2. The maximum absolute atomic E-state index is 11.8. The summed E-state index contributed by atoms with van der Waals surface area (Å²) >= 11 is 0. The van der Waals surface area contributed by atoms with Gasteiger partial charge >= 0.3 is 51.4 Å². The summed E-state index contributed by atoms with van der Waals surface area (Å²) in [4.78, 5) is 15.9. The van der Waals surface area contributed by atoms with E-state index in [1.165, 1.54) is 0 Å². The van der Waals surface area contributed by atoms with Crippen LogP contribution in [0.4, 0.5) is 0 Å². The van der Waals surface area contributed by atoms with Crippen LogP contribution in [0.15, 0.2) is 0 Å². The Hall–Kier alpha value is 1.03. The number of likely N-dealkylation sites (N-methyl/N-ethyl adjacent to an activating group) is 1. The molecule has 0 aromatic rings. The Morgan fingerprint density at radius 2 is 1.81 bits per heavy atom. The summed E-state index contributed by atoms with van der Waals surface area (Å²) in [5, 5.41) is 3.45. The third-order valence-corrected chi connectivity index (χ3v) is 3.63. The van der Waals surface area contributed by atoms with E-state index in [1.807, 2.05) is 27.9 Å². The molecule has 0 aliphatic carbocycles. The van der Waals surface area contributed by atoms with Gasteiger partial charge in [0.15, 0.2) is 0 Å². The van der Waals surface area contributed by atoms with Gasteiger partial charge in [0.05, 0.1) is 6.04 Å². The summed E-state index contributed by atoms with van der Waals surface area (Å²) in [7, 11) is 5.81. The number of carbonyl (C=O) groups is 1. The van der Waals surface area contributed by atoms with E-state index in [2.05, 4.69) is 24.2 Å². The molecule has 1 aliphatic heterocycles. The second kappa shape index (κ2) is 14.6. The fraction of sp³-hybridized carbons (Fsp3) is 0.875. The first kappa shape index (κ1) is 24.3. The summed E-state index contributed by atoms with van der Waals surface area (Å²) in [6.07, 6.45) is 5.39. The van der Waals surface area contributed by atoms with E-state index in [-0.39, 0.29) is 63.3 Å². The van der Waals surface area contributed by atoms with Crippen LogP contribution in [-0.2, 0) is 4.79 Å². The molecule has 1 heterocycles. The fourth-order valence-corrected chi connectivity index (χ4v) is 2.42. The quantitative estimate of drug-likeness (QED) is 0.490. The van der Waals surface area contributed by atoms with Gasteiger partial charge in [-0.05, 0) is 39.4 Å². The molecule has 1 aliphatic rings. The van der Waals surface area contributed by atoms with Gasteiger partial charge in [0, 0.05) is 20.1 Å². The molecule has 0 spiro atoms. The zero-order valence-electron chi connectivity index (χ0n) is 15.1. The average molecular weight is 324 g/mol. The smallest absolute Gasteiger partial charge is 0.347 e. The zero-order valence-corrected chi connectivity index (χ0v) is 18.2. The van der Waals surface area contributed by atoms with Gasteiger partial charge < -0.3 is 22.0 Å². The molecule has 0 aromatic carbocycles. The molecule has 4 nitrogen and oxygen atoms in total. The van der Waals surface area contributed by atoms with Crippen LogP contribution in [-0.4, -0.2) is 62.0 Å². The molecule has 1 amide bonds. The van der Waals surface area contributed by atoms with Crippen molar-refractivity contribution in [3.8, 4) is 0 Å². The summed E-state index contributed by atoms with van der Waals surface area (Å²) in [6, 6.07) is 0.538. The Morgan fingerprint density at radius 3 is 2.33 bits per heavy atom.